The summed E-state index contributed by atoms with van der Waals surface area (Å²) in [5.74, 6) is 1.39. The van der Waals surface area contributed by atoms with Gasteiger partial charge in [0.2, 0.25) is 5.70 Å². The monoisotopic (exact) mass is 386 g/mol. The Hall–Kier alpha value is -3.96. The van der Waals surface area contributed by atoms with Gasteiger partial charge in [0.15, 0.2) is 0 Å². The van der Waals surface area contributed by atoms with Crippen LogP contribution in [0.15, 0.2) is 73.5 Å². The van der Waals surface area contributed by atoms with E-state index in [1.165, 1.54) is 0 Å². The Labute approximate surface area is 171 Å². The minimum absolute atomic E-state index is 0.300. The molecule has 0 N–H and O–H groups in total. The second-order valence-corrected chi connectivity index (χ2v) is 5.84. The van der Waals surface area contributed by atoms with Gasteiger partial charge in [-0.25, -0.2) is 4.85 Å². The molecule has 0 spiro atoms. The molecule has 2 rings (SSSR count). The Morgan fingerprint density at radius 3 is 2.31 bits per heavy atom. The van der Waals surface area contributed by atoms with Crippen LogP contribution in [0.4, 0.5) is 0 Å². The molecule has 0 heterocycles. The second kappa shape index (κ2) is 11.7. The number of methoxy groups -OCH3 is 1. The molecule has 0 unspecified atom stereocenters. The van der Waals surface area contributed by atoms with Crippen LogP contribution >= 0.6 is 0 Å². The van der Waals surface area contributed by atoms with Gasteiger partial charge in [-0.2, -0.15) is 5.26 Å². The predicted octanol–water partition coefficient (Wildman–Crippen LogP) is 5.49. The van der Waals surface area contributed by atoms with Crippen molar-refractivity contribution in [2.45, 2.75) is 6.42 Å². The molecule has 0 saturated carbocycles. The molecule has 5 heteroatoms. The van der Waals surface area contributed by atoms with Gasteiger partial charge in [0.05, 0.1) is 44.8 Å². The average Bonchev–Trinajstić information content (AvgIpc) is 2.77. The maximum Gasteiger partial charge on any atom is 0.212 e. The number of rotatable bonds is 10. The average molecular weight is 386 g/mol. The van der Waals surface area contributed by atoms with Crippen LogP contribution in [-0.4, -0.2) is 20.3 Å². The largest absolute Gasteiger partial charge is 0.501 e. The SMILES string of the molecule is [C-]#[N+]/C(=C(/C#N)c1ccc(OCCCOC=CC=C)cc1)c1ccc(OC)cc1. The van der Waals surface area contributed by atoms with Crippen molar-refractivity contribution in [1.29, 1.82) is 5.26 Å². The molecule has 146 valence electrons. The van der Waals surface area contributed by atoms with Crippen LogP contribution in [0.3, 0.4) is 0 Å². The van der Waals surface area contributed by atoms with Crippen molar-refractivity contribution in [2.24, 2.45) is 0 Å². The summed E-state index contributed by atoms with van der Waals surface area (Å²) in [5, 5.41) is 9.64. The summed E-state index contributed by atoms with van der Waals surface area (Å²) in [5.41, 5.74) is 1.95. The standard InChI is InChI=1S/C24H22N2O3/c1-4-5-15-28-16-6-17-29-22-13-7-19(8-14-22)23(18-25)24(26-2)20-9-11-21(27-3)12-10-20/h4-5,7-15H,1,6,16-17H2,3H3/b15-5?,24-23-. The molecular formula is C24H22N2O3. The van der Waals surface area contributed by atoms with Crippen molar-refractivity contribution in [3.8, 4) is 17.6 Å². The van der Waals surface area contributed by atoms with Crippen LogP contribution in [0.2, 0.25) is 0 Å². The van der Waals surface area contributed by atoms with Crippen LogP contribution in [0.5, 0.6) is 11.5 Å². The highest BCUT2D eigenvalue weighted by Gasteiger charge is 2.12. The Kier molecular flexibility index (Phi) is 8.60. The van der Waals surface area contributed by atoms with E-state index in [1.54, 1.807) is 74.1 Å². The van der Waals surface area contributed by atoms with Crippen molar-refractivity contribution in [3.63, 3.8) is 0 Å². The molecule has 0 bridgehead atoms. The summed E-state index contributed by atoms with van der Waals surface area (Å²) < 4.78 is 16.1. The van der Waals surface area contributed by atoms with Gasteiger partial charge in [-0.3, -0.25) is 0 Å². The predicted molar refractivity (Wildman–Crippen MR) is 114 cm³/mol. The van der Waals surface area contributed by atoms with E-state index >= 15 is 0 Å². The number of ether oxygens (including phenoxy) is 3. The molecule has 2 aromatic carbocycles. The fraction of sp³-hybridized carbons (Fsp3) is 0.167. The third-order valence-electron chi connectivity index (χ3n) is 3.95. The Bertz CT molecular complexity index is 944. The number of hydrogen-bond acceptors (Lipinski definition) is 4. The van der Waals surface area contributed by atoms with Gasteiger partial charge >= 0.3 is 0 Å². The zero-order chi connectivity index (χ0) is 20.9. The van der Waals surface area contributed by atoms with Gasteiger partial charge < -0.3 is 14.2 Å². The lowest BCUT2D eigenvalue weighted by Gasteiger charge is -2.08. The molecule has 0 saturated heterocycles. The van der Waals surface area contributed by atoms with Crippen molar-refractivity contribution < 1.29 is 14.2 Å². The number of nitriles is 1. The van der Waals surface area contributed by atoms with E-state index < -0.39 is 0 Å². The van der Waals surface area contributed by atoms with Gasteiger partial charge in [0.25, 0.3) is 0 Å². The van der Waals surface area contributed by atoms with Crippen molar-refractivity contribution in [1.82, 2.24) is 0 Å². The van der Waals surface area contributed by atoms with E-state index in [0.717, 1.165) is 6.42 Å². The minimum Gasteiger partial charge on any atom is -0.501 e. The van der Waals surface area contributed by atoms with Gasteiger partial charge in [0.1, 0.15) is 11.5 Å². The Morgan fingerprint density at radius 2 is 1.72 bits per heavy atom. The van der Waals surface area contributed by atoms with E-state index in [0.29, 0.717) is 47.1 Å². The molecule has 0 atom stereocenters. The molecule has 0 aliphatic carbocycles. The zero-order valence-corrected chi connectivity index (χ0v) is 16.3. The molecule has 0 aliphatic heterocycles. The first-order chi connectivity index (χ1) is 14.2. The highest BCUT2D eigenvalue weighted by atomic mass is 16.5. The summed E-state index contributed by atoms with van der Waals surface area (Å²) in [6, 6.07) is 16.4. The second-order valence-electron chi connectivity index (χ2n) is 5.84. The number of benzene rings is 2. The molecule has 2 aromatic rings. The number of allylic oxidation sites excluding steroid dienone is 3. The van der Waals surface area contributed by atoms with Gasteiger partial charge in [0, 0.05) is 6.42 Å². The number of hydrogen-bond donors (Lipinski definition) is 0. The first-order valence-corrected chi connectivity index (χ1v) is 9.02. The van der Waals surface area contributed by atoms with E-state index in [9.17, 15) is 5.26 Å². The first-order valence-electron chi connectivity index (χ1n) is 9.02. The quantitative estimate of drug-likeness (QED) is 0.135. The molecule has 0 amide bonds. The fourth-order valence-corrected chi connectivity index (χ4v) is 2.50. The topological polar surface area (TPSA) is 55.8 Å². The van der Waals surface area contributed by atoms with Crippen LogP contribution in [0.25, 0.3) is 16.1 Å². The smallest absolute Gasteiger partial charge is 0.212 e. The van der Waals surface area contributed by atoms with E-state index in [2.05, 4.69) is 17.5 Å². The lowest BCUT2D eigenvalue weighted by Crippen LogP contribution is -2.01. The third kappa shape index (κ3) is 6.30. The Morgan fingerprint density at radius 1 is 1.07 bits per heavy atom. The van der Waals surface area contributed by atoms with E-state index in [-0.39, 0.29) is 0 Å². The summed E-state index contributed by atoms with van der Waals surface area (Å²) in [4.78, 5) is 3.58. The molecule has 5 nitrogen and oxygen atoms in total. The lowest BCUT2D eigenvalue weighted by atomic mass is 10.0. The summed E-state index contributed by atoms with van der Waals surface area (Å²) >= 11 is 0. The molecule has 0 aromatic heterocycles. The molecule has 0 aliphatic rings. The van der Waals surface area contributed by atoms with Crippen molar-refractivity contribution >= 4 is 11.3 Å². The van der Waals surface area contributed by atoms with Crippen LogP contribution in [-0.2, 0) is 4.74 Å². The van der Waals surface area contributed by atoms with Crippen LogP contribution in [0, 0.1) is 17.9 Å². The van der Waals surface area contributed by atoms with Gasteiger partial charge in [-0.15, -0.1) is 0 Å². The van der Waals surface area contributed by atoms with E-state index in [4.69, 9.17) is 20.8 Å². The summed E-state index contributed by atoms with van der Waals surface area (Å²) in [6.45, 7) is 12.2. The fourth-order valence-electron chi connectivity index (χ4n) is 2.50. The molecule has 0 fully saturated rings. The van der Waals surface area contributed by atoms with Crippen LogP contribution in [0.1, 0.15) is 17.5 Å². The van der Waals surface area contributed by atoms with Crippen LogP contribution < -0.4 is 9.47 Å². The minimum atomic E-state index is 0.300. The zero-order valence-electron chi connectivity index (χ0n) is 16.3. The highest BCUT2D eigenvalue weighted by Crippen LogP contribution is 2.29. The normalized spacial score (nSPS) is 11.1. The number of nitrogens with zero attached hydrogens (tertiary/aromatic N) is 2. The maximum absolute atomic E-state index is 9.64. The maximum atomic E-state index is 9.64. The van der Waals surface area contributed by atoms with Gasteiger partial charge in [-0.1, -0.05) is 36.9 Å². The lowest BCUT2D eigenvalue weighted by molar-refractivity contribution is 0.209. The first kappa shape index (κ1) is 21.3. The highest BCUT2D eigenvalue weighted by molar-refractivity contribution is 5.99. The summed E-state index contributed by atoms with van der Waals surface area (Å²) in [7, 11) is 1.58. The van der Waals surface area contributed by atoms with Gasteiger partial charge in [-0.05, 0) is 41.5 Å². The molecule has 29 heavy (non-hydrogen) atoms. The third-order valence-corrected chi connectivity index (χ3v) is 3.95. The van der Waals surface area contributed by atoms with Crippen molar-refractivity contribution in [3.05, 3.63) is 96.1 Å². The molecule has 0 radical (unpaired) electrons. The summed E-state index contributed by atoms with van der Waals surface area (Å²) in [6.07, 6.45) is 5.71. The van der Waals surface area contributed by atoms with E-state index in [1.807, 2.05) is 0 Å². The Balaban J connectivity index is 2.08. The van der Waals surface area contributed by atoms with Crippen molar-refractivity contribution in [2.75, 3.05) is 20.3 Å². The molecular weight excluding hydrogens is 364 g/mol.